The van der Waals surface area contributed by atoms with Gasteiger partial charge in [0.25, 0.3) is 0 Å². The van der Waals surface area contributed by atoms with E-state index in [2.05, 4.69) is 20.8 Å². The molecule has 1 nitrogen and oxygen atoms in total. The minimum Gasteiger partial charge on any atom is -0.299 e. The highest BCUT2D eigenvalue weighted by Gasteiger charge is 2.64. The average Bonchev–Trinajstić information content (AvgIpc) is 2.43. The normalized spacial score (nSPS) is 50.2. The minimum atomic E-state index is 0.124. The molecule has 0 aromatic rings. The highest BCUT2D eigenvalue weighted by atomic mass is 16.1. The maximum absolute atomic E-state index is 12.4. The van der Waals surface area contributed by atoms with Crippen molar-refractivity contribution in [2.24, 2.45) is 28.6 Å². The number of ketones is 1. The Morgan fingerprint density at radius 3 is 2.75 bits per heavy atom. The zero-order chi connectivity index (χ0) is 11.6. The van der Waals surface area contributed by atoms with Gasteiger partial charge in [-0.1, -0.05) is 20.8 Å². The van der Waals surface area contributed by atoms with E-state index in [-0.39, 0.29) is 5.41 Å². The predicted molar refractivity (Wildman–Crippen MR) is 65.1 cm³/mol. The van der Waals surface area contributed by atoms with Crippen LogP contribution in [0, 0.1) is 28.6 Å². The maximum atomic E-state index is 12.4. The van der Waals surface area contributed by atoms with Gasteiger partial charge in [0, 0.05) is 11.8 Å². The Balaban J connectivity index is 2.07. The molecule has 16 heavy (non-hydrogen) atoms. The van der Waals surface area contributed by atoms with Gasteiger partial charge in [-0.15, -0.1) is 0 Å². The smallest absolute Gasteiger partial charge is 0.139 e. The van der Waals surface area contributed by atoms with E-state index in [0.717, 1.165) is 24.7 Å². The van der Waals surface area contributed by atoms with Gasteiger partial charge in [0.05, 0.1) is 0 Å². The molecule has 1 spiro atoms. The topological polar surface area (TPSA) is 17.1 Å². The summed E-state index contributed by atoms with van der Waals surface area (Å²) in [6, 6.07) is 0. The molecule has 0 radical (unpaired) electrons. The van der Waals surface area contributed by atoms with Gasteiger partial charge in [-0.05, 0) is 55.3 Å². The summed E-state index contributed by atoms with van der Waals surface area (Å²) in [4.78, 5) is 12.4. The first-order valence-corrected chi connectivity index (χ1v) is 7.02. The predicted octanol–water partition coefficient (Wildman–Crippen LogP) is 3.82. The average molecular weight is 220 g/mol. The van der Waals surface area contributed by atoms with Crippen molar-refractivity contribution in [1.82, 2.24) is 0 Å². The molecule has 0 heterocycles. The van der Waals surface area contributed by atoms with Crippen LogP contribution >= 0.6 is 0 Å². The van der Waals surface area contributed by atoms with Gasteiger partial charge in [0.2, 0.25) is 0 Å². The van der Waals surface area contributed by atoms with Crippen LogP contribution in [0.4, 0.5) is 0 Å². The number of Topliss-reactive ketones (excluding diaryl/α,β-unsaturated/α-hetero) is 1. The monoisotopic (exact) mass is 220 g/mol. The first-order valence-electron chi connectivity index (χ1n) is 7.02. The highest BCUT2D eigenvalue weighted by molar-refractivity contribution is 5.86. The Bertz CT molecular complexity index is 330. The molecular formula is C15H24O. The summed E-state index contributed by atoms with van der Waals surface area (Å²) in [5.41, 5.74) is 0.533. The second kappa shape index (κ2) is 3.11. The van der Waals surface area contributed by atoms with Gasteiger partial charge in [-0.2, -0.15) is 0 Å². The number of rotatable bonds is 0. The molecule has 4 atom stereocenters. The molecule has 3 aliphatic rings. The minimum absolute atomic E-state index is 0.124. The fourth-order valence-corrected chi connectivity index (χ4v) is 5.48. The number of carbonyl (C=O) groups is 1. The van der Waals surface area contributed by atoms with E-state index in [1.54, 1.807) is 0 Å². The Morgan fingerprint density at radius 1 is 1.25 bits per heavy atom. The lowest BCUT2D eigenvalue weighted by Gasteiger charge is -2.42. The van der Waals surface area contributed by atoms with E-state index in [1.165, 1.54) is 25.7 Å². The first kappa shape index (κ1) is 10.8. The summed E-state index contributed by atoms with van der Waals surface area (Å²) >= 11 is 0. The quantitative estimate of drug-likeness (QED) is 0.606. The van der Waals surface area contributed by atoms with Crippen molar-refractivity contribution in [2.75, 3.05) is 0 Å². The summed E-state index contributed by atoms with van der Waals surface area (Å²) < 4.78 is 0. The number of carbonyl (C=O) groups excluding carboxylic acids is 1. The molecule has 0 aliphatic heterocycles. The zero-order valence-electron chi connectivity index (χ0n) is 10.9. The second-order valence-electron chi connectivity index (χ2n) is 7.17. The molecule has 0 unspecified atom stereocenters. The van der Waals surface area contributed by atoms with Gasteiger partial charge in [-0.25, -0.2) is 0 Å². The largest absolute Gasteiger partial charge is 0.299 e. The Hall–Kier alpha value is -0.330. The van der Waals surface area contributed by atoms with E-state index in [4.69, 9.17) is 0 Å². The van der Waals surface area contributed by atoms with Crippen molar-refractivity contribution < 1.29 is 4.79 Å². The third kappa shape index (κ3) is 1.10. The van der Waals surface area contributed by atoms with Crippen LogP contribution in [0.5, 0.6) is 0 Å². The molecule has 3 saturated carbocycles. The van der Waals surface area contributed by atoms with Gasteiger partial charge < -0.3 is 0 Å². The van der Waals surface area contributed by atoms with Crippen LogP contribution in [0.2, 0.25) is 0 Å². The Kier molecular flexibility index (Phi) is 2.10. The fourth-order valence-electron chi connectivity index (χ4n) is 5.48. The van der Waals surface area contributed by atoms with E-state index in [0.29, 0.717) is 17.1 Å². The summed E-state index contributed by atoms with van der Waals surface area (Å²) in [5.74, 6) is 2.94. The zero-order valence-corrected chi connectivity index (χ0v) is 10.9. The van der Waals surface area contributed by atoms with E-state index in [1.807, 2.05) is 0 Å². The molecule has 0 N–H and O–H groups in total. The Morgan fingerprint density at radius 2 is 2.00 bits per heavy atom. The molecular weight excluding hydrogens is 196 g/mol. The lowest BCUT2D eigenvalue weighted by atomic mass is 9.61. The number of fused-ring (bicyclic) bond motifs is 1. The molecule has 90 valence electrons. The fraction of sp³-hybridized carbons (Fsp3) is 0.933. The lowest BCUT2D eigenvalue weighted by molar-refractivity contribution is -0.136. The molecule has 2 bridgehead atoms. The van der Waals surface area contributed by atoms with Crippen LogP contribution in [-0.4, -0.2) is 5.78 Å². The number of hydrogen-bond acceptors (Lipinski definition) is 1. The second-order valence-corrected chi connectivity index (χ2v) is 7.17. The van der Waals surface area contributed by atoms with Crippen LogP contribution < -0.4 is 0 Å². The molecule has 3 fully saturated rings. The van der Waals surface area contributed by atoms with Gasteiger partial charge in [-0.3, -0.25) is 4.79 Å². The van der Waals surface area contributed by atoms with Crippen LogP contribution in [0.15, 0.2) is 0 Å². The third-order valence-electron chi connectivity index (χ3n) is 6.29. The van der Waals surface area contributed by atoms with Crippen molar-refractivity contribution in [3.63, 3.8) is 0 Å². The van der Waals surface area contributed by atoms with Gasteiger partial charge in [0.15, 0.2) is 0 Å². The van der Waals surface area contributed by atoms with Gasteiger partial charge >= 0.3 is 0 Å². The van der Waals surface area contributed by atoms with Crippen molar-refractivity contribution in [1.29, 1.82) is 0 Å². The van der Waals surface area contributed by atoms with Crippen molar-refractivity contribution in [3.8, 4) is 0 Å². The standard InChI is InChI=1S/C15H24O/c1-10-7-8-15-9-11(10)14(2,3)12(15)5-4-6-13(15)16/h10-12H,4-9H2,1-3H3/t10-,11-,12-,15+/m1/s1. The molecule has 3 aliphatic carbocycles. The van der Waals surface area contributed by atoms with Crippen LogP contribution in [0.25, 0.3) is 0 Å². The summed E-state index contributed by atoms with van der Waals surface area (Å²) in [5, 5.41) is 0. The molecule has 0 amide bonds. The van der Waals surface area contributed by atoms with E-state index < -0.39 is 0 Å². The van der Waals surface area contributed by atoms with Crippen molar-refractivity contribution in [2.45, 2.75) is 59.3 Å². The SMILES string of the molecule is C[C@@H]1CC[C@]23C[C@H]1C(C)(C)[C@H]2CCCC3=O. The molecule has 0 saturated heterocycles. The number of hydrogen-bond donors (Lipinski definition) is 0. The van der Waals surface area contributed by atoms with Crippen LogP contribution in [0.1, 0.15) is 59.3 Å². The first-order chi connectivity index (χ1) is 7.48. The van der Waals surface area contributed by atoms with Crippen molar-refractivity contribution >= 4 is 5.78 Å². The lowest BCUT2D eigenvalue weighted by Crippen LogP contribution is -2.41. The van der Waals surface area contributed by atoms with E-state index in [9.17, 15) is 4.79 Å². The van der Waals surface area contributed by atoms with Crippen molar-refractivity contribution in [3.05, 3.63) is 0 Å². The third-order valence-corrected chi connectivity index (χ3v) is 6.29. The van der Waals surface area contributed by atoms with Gasteiger partial charge in [0.1, 0.15) is 5.78 Å². The molecule has 0 aromatic heterocycles. The molecule has 3 rings (SSSR count). The van der Waals surface area contributed by atoms with E-state index >= 15 is 0 Å². The summed E-state index contributed by atoms with van der Waals surface area (Å²) in [6.45, 7) is 7.27. The summed E-state index contributed by atoms with van der Waals surface area (Å²) in [7, 11) is 0. The van der Waals surface area contributed by atoms with Crippen LogP contribution in [-0.2, 0) is 4.79 Å². The Labute approximate surface area is 99.0 Å². The molecule has 0 aromatic carbocycles. The molecule has 1 heteroatoms. The van der Waals surface area contributed by atoms with Crippen LogP contribution in [0.3, 0.4) is 0 Å². The highest BCUT2D eigenvalue weighted by Crippen LogP contribution is 2.68. The summed E-state index contributed by atoms with van der Waals surface area (Å²) in [6.07, 6.45) is 7.02. The maximum Gasteiger partial charge on any atom is 0.139 e.